The maximum Gasteiger partial charge on any atom is 0.214 e. The van der Waals surface area contributed by atoms with Gasteiger partial charge in [0.25, 0.3) is 0 Å². The Labute approximate surface area is 228 Å². The fraction of sp³-hybridized carbons (Fsp3) is 0.321. The van der Waals surface area contributed by atoms with Crippen LogP contribution in [0.3, 0.4) is 0 Å². The van der Waals surface area contributed by atoms with E-state index in [-0.39, 0.29) is 24.6 Å². The Morgan fingerprint density at radius 1 is 0.949 bits per heavy atom. The van der Waals surface area contributed by atoms with E-state index in [1.807, 2.05) is 11.9 Å². The summed E-state index contributed by atoms with van der Waals surface area (Å²) in [5.41, 5.74) is 11.4. The van der Waals surface area contributed by atoms with E-state index < -0.39 is 10.0 Å². The largest absolute Gasteiger partial charge is 0.306 e. The fourth-order valence-corrected chi connectivity index (χ4v) is 5.55. The molecule has 0 N–H and O–H groups in total. The van der Waals surface area contributed by atoms with Gasteiger partial charge in [0.15, 0.2) is 5.78 Å². The van der Waals surface area contributed by atoms with Crippen LogP contribution >= 0.6 is 0 Å². The lowest BCUT2D eigenvalue weighted by Gasteiger charge is -2.29. The zero-order valence-corrected chi connectivity index (χ0v) is 22.5. The number of nitrogens with zero attached hydrogens (tertiary/aromatic N) is 7. The van der Waals surface area contributed by atoms with E-state index in [9.17, 15) is 13.2 Å². The number of nitriles is 2. The van der Waals surface area contributed by atoms with Crippen molar-refractivity contribution in [1.29, 1.82) is 10.5 Å². The molecule has 1 aliphatic rings. The highest BCUT2D eigenvalue weighted by Crippen LogP contribution is 2.25. The van der Waals surface area contributed by atoms with Gasteiger partial charge in [-0.3, -0.25) is 4.79 Å². The van der Waals surface area contributed by atoms with Gasteiger partial charge in [-0.15, -0.1) is 0 Å². The molecule has 1 heterocycles. The van der Waals surface area contributed by atoms with E-state index in [4.69, 9.17) is 16.1 Å². The molecule has 0 spiro atoms. The molecule has 1 fully saturated rings. The first kappa shape index (κ1) is 29.3. The topological polar surface area (TPSA) is 154 Å². The molecular weight excluding hydrogens is 514 g/mol. The van der Waals surface area contributed by atoms with Crippen molar-refractivity contribution in [2.75, 3.05) is 45.5 Å². The molecule has 1 aliphatic heterocycles. The zero-order valence-electron chi connectivity index (χ0n) is 21.7. The van der Waals surface area contributed by atoms with Crippen molar-refractivity contribution < 1.29 is 13.2 Å². The van der Waals surface area contributed by atoms with Crippen molar-refractivity contribution in [2.45, 2.75) is 12.8 Å². The Morgan fingerprint density at radius 2 is 1.44 bits per heavy atom. The summed E-state index contributed by atoms with van der Waals surface area (Å²) in [6, 6.07) is 17.5. The van der Waals surface area contributed by atoms with Crippen molar-refractivity contribution in [1.82, 2.24) is 9.21 Å². The highest BCUT2D eigenvalue weighted by Gasteiger charge is 2.33. The number of Topliss-reactive ketones (excluding diaryl/α,β-unsaturated/α-hetero) is 1. The summed E-state index contributed by atoms with van der Waals surface area (Å²) in [5, 5.41) is 21.6. The number of carbonyl (C=O) groups is 1. The van der Waals surface area contributed by atoms with Gasteiger partial charge in [-0.1, -0.05) is 29.4 Å². The van der Waals surface area contributed by atoms with Gasteiger partial charge in [-0.25, -0.2) is 8.42 Å². The van der Waals surface area contributed by atoms with Crippen LogP contribution in [0.4, 0.5) is 0 Å². The lowest BCUT2D eigenvalue weighted by molar-refractivity contribution is -0.113. The third-order valence-corrected chi connectivity index (χ3v) is 8.08. The van der Waals surface area contributed by atoms with E-state index in [0.29, 0.717) is 65.9 Å². The van der Waals surface area contributed by atoms with Gasteiger partial charge in [-0.05, 0) is 86.1 Å². The molecule has 200 valence electrons. The third-order valence-electron chi connectivity index (χ3n) is 6.23. The molecule has 10 nitrogen and oxygen atoms in total. The third kappa shape index (κ3) is 8.64. The van der Waals surface area contributed by atoms with Crippen LogP contribution < -0.4 is 0 Å². The average molecular weight is 544 g/mol. The van der Waals surface area contributed by atoms with E-state index in [2.05, 4.69) is 22.2 Å². The zero-order chi connectivity index (χ0) is 28.3. The number of benzene rings is 2. The van der Waals surface area contributed by atoms with Gasteiger partial charge in [0.05, 0.1) is 29.0 Å². The number of ketones is 1. The molecule has 2 aromatic carbocycles. The molecule has 11 heteroatoms. The lowest BCUT2D eigenvalue weighted by atomic mass is 9.95. The van der Waals surface area contributed by atoms with Crippen molar-refractivity contribution in [3.8, 4) is 12.1 Å². The summed E-state index contributed by atoms with van der Waals surface area (Å²) in [4.78, 5) is 18.1. The van der Waals surface area contributed by atoms with Gasteiger partial charge >= 0.3 is 0 Å². The minimum atomic E-state index is -3.68. The van der Waals surface area contributed by atoms with Crippen LogP contribution in [0.25, 0.3) is 22.6 Å². The first-order chi connectivity index (χ1) is 18.7. The van der Waals surface area contributed by atoms with E-state index in [0.717, 1.165) is 0 Å². The smallest absolute Gasteiger partial charge is 0.214 e. The Bertz CT molecular complexity index is 1400. The molecule has 0 aromatic heterocycles. The molecule has 0 aliphatic carbocycles. The molecular formula is C28H29N7O3S. The Balaban J connectivity index is 1.82. The van der Waals surface area contributed by atoms with Gasteiger partial charge in [0, 0.05) is 35.7 Å². The maximum atomic E-state index is 13.4. The van der Waals surface area contributed by atoms with Crippen LogP contribution in [0, 0.1) is 22.7 Å². The second-order valence-corrected chi connectivity index (χ2v) is 11.3. The predicted molar refractivity (Wildman–Crippen MR) is 149 cm³/mol. The van der Waals surface area contributed by atoms with Crippen LogP contribution in [0.5, 0.6) is 0 Å². The molecule has 0 saturated carbocycles. The second kappa shape index (κ2) is 14.1. The SMILES string of the molecule is CN(CCCN=[N+]=[N-])CCCS(=O)(=O)N1C/C(=C\c2ccc(C#N)cc2)C(=O)/C(=C/c2ccc(C#N)cc2)C1. The highest BCUT2D eigenvalue weighted by molar-refractivity contribution is 7.89. The molecule has 0 bridgehead atoms. The number of azide groups is 1. The lowest BCUT2D eigenvalue weighted by Crippen LogP contribution is -2.43. The first-order valence-electron chi connectivity index (χ1n) is 12.4. The Hall–Kier alpha value is -4.25. The molecule has 0 atom stereocenters. The molecule has 0 unspecified atom stereocenters. The van der Waals surface area contributed by atoms with Gasteiger partial charge in [0.2, 0.25) is 10.0 Å². The van der Waals surface area contributed by atoms with E-state index in [1.165, 1.54) is 4.31 Å². The van der Waals surface area contributed by atoms with Crippen LogP contribution in [0.2, 0.25) is 0 Å². The average Bonchev–Trinajstić information content (AvgIpc) is 2.94. The van der Waals surface area contributed by atoms with E-state index in [1.54, 1.807) is 60.7 Å². The number of carbonyl (C=O) groups excluding carboxylic acids is 1. The summed E-state index contributed by atoms with van der Waals surface area (Å²) in [6.07, 6.45) is 4.42. The van der Waals surface area contributed by atoms with Crippen LogP contribution in [0.1, 0.15) is 35.1 Å². The molecule has 0 radical (unpaired) electrons. The number of rotatable bonds is 11. The maximum absolute atomic E-state index is 13.4. The van der Waals surface area contributed by atoms with E-state index >= 15 is 0 Å². The summed E-state index contributed by atoms with van der Waals surface area (Å²) in [5.74, 6) is -0.314. The first-order valence-corrected chi connectivity index (χ1v) is 14.0. The number of piperidine rings is 1. The second-order valence-electron chi connectivity index (χ2n) is 9.18. The number of hydrogen-bond donors (Lipinski definition) is 0. The Morgan fingerprint density at radius 3 is 1.90 bits per heavy atom. The summed E-state index contributed by atoms with van der Waals surface area (Å²) in [6.45, 7) is 1.54. The molecule has 0 amide bonds. The number of hydrogen-bond acceptors (Lipinski definition) is 7. The van der Waals surface area contributed by atoms with Crippen molar-refractivity contribution in [3.63, 3.8) is 0 Å². The van der Waals surface area contributed by atoms with Gasteiger partial charge in [-0.2, -0.15) is 14.8 Å². The summed E-state index contributed by atoms with van der Waals surface area (Å²) < 4.78 is 28.0. The predicted octanol–water partition coefficient (Wildman–Crippen LogP) is 4.13. The normalized spacial score (nSPS) is 16.2. The standard InChI is InChI=1S/C28H29N7O3S/c1-34(13-2-12-32-33-31)14-3-15-39(37,38)35-20-26(16-22-4-8-24(18-29)9-5-22)28(36)27(21-35)17-23-6-10-25(19-30)11-7-23/h4-11,16-17H,2-3,12-15,20-21H2,1H3/b26-16+,27-17+. The van der Waals surface area contributed by atoms with Crippen LogP contribution in [0.15, 0.2) is 64.8 Å². The van der Waals surface area contributed by atoms with Crippen molar-refractivity contribution in [2.24, 2.45) is 5.11 Å². The van der Waals surface area contributed by atoms with Crippen molar-refractivity contribution in [3.05, 3.63) is 92.4 Å². The van der Waals surface area contributed by atoms with Gasteiger partial charge < -0.3 is 4.90 Å². The summed E-state index contributed by atoms with van der Waals surface area (Å²) >= 11 is 0. The molecule has 39 heavy (non-hydrogen) atoms. The molecule has 3 rings (SSSR count). The van der Waals surface area contributed by atoms with Crippen LogP contribution in [-0.4, -0.2) is 68.9 Å². The highest BCUT2D eigenvalue weighted by atomic mass is 32.2. The number of sulfonamides is 1. The molecule has 1 saturated heterocycles. The minimum Gasteiger partial charge on any atom is -0.306 e. The quantitative estimate of drug-likeness (QED) is 0.136. The minimum absolute atomic E-state index is 0.0477. The Kier molecular flexibility index (Phi) is 10.6. The summed E-state index contributed by atoms with van der Waals surface area (Å²) in [7, 11) is -1.80. The fourth-order valence-electron chi connectivity index (χ4n) is 4.13. The monoisotopic (exact) mass is 543 g/mol. The van der Waals surface area contributed by atoms with Crippen LogP contribution in [-0.2, 0) is 14.8 Å². The molecule has 2 aromatic rings. The van der Waals surface area contributed by atoms with Gasteiger partial charge in [0.1, 0.15) is 0 Å². The van der Waals surface area contributed by atoms with Crippen molar-refractivity contribution >= 4 is 28.0 Å².